The van der Waals surface area contributed by atoms with Crippen molar-refractivity contribution >= 4 is 21.7 Å². The molecule has 0 saturated heterocycles. The highest BCUT2D eigenvalue weighted by atomic mass is 16.3. The molecular weight excluding hydrogens is 272 g/mol. The second kappa shape index (κ2) is 4.97. The van der Waals surface area contributed by atoms with Gasteiger partial charge in [0, 0.05) is 34.9 Å². The molecule has 0 saturated carbocycles. The highest BCUT2D eigenvalue weighted by Gasteiger charge is 2.08. The lowest BCUT2D eigenvalue weighted by atomic mass is 10.00. The second-order valence-electron chi connectivity index (χ2n) is 5.54. The minimum atomic E-state index is -0.525. The topological polar surface area (TPSA) is 38.0 Å². The molecular formula is C19H16N2O. The fourth-order valence-corrected chi connectivity index (χ4v) is 3.00. The monoisotopic (exact) mass is 288 g/mol. The first-order valence-electron chi connectivity index (χ1n) is 7.36. The Labute approximate surface area is 128 Å². The van der Waals surface area contributed by atoms with Crippen LogP contribution in [0.5, 0.6) is 0 Å². The third kappa shape index (κ3) is 1.98. The van der Waals surface area contributed by atoms with Crippen LogP contribution in [0.25, 0.3) is 32.8 Å². The number of aliphatic hydroxyl groups is 1. The average Bonchev–Trinajstić information content (AvgIpc) is 2.97. The smallest absolute Gasteiger partial charge is 0.127 e. The van der Waals surface area contributed by atoms with Crippen LogP contribution in [-0.2, 0) is 0 Å². The van der Waals surface area contributed by atoms with Gasteiger partial charge in [0.2, 0.25) is 0 Å². The highest BCUT2D eigenvalue weighted by Crippen LogP contribution is 2.30. The summed E-state index contributed by atoms with van der Waals surface area (Å²) in [4.78, 5) is 4.36. The van der Waals surface area contributed by atoms with E-state index in [-0.39, 0.29) is 0 Å². The van der Waals surface area contributed by atoms with E-state index >= 15 is 0 Å². The van der Waals surface area contributed by atoms with Crippen molar-refractivity contribution in [1.29, 1.82) is 0 Å². The van der Waals surface area contributed by atoms with Crippen LogP contribution in [0.1, 0.15) is 13.2 Å². The molecule has 2 aromatic carbocycles. The maximum absolute atomic E-state index is 9.79. The number of benzene rings is 2. The first kappa shape index (κ1) is 13.0. The molecule has 1 atom stereocenters. The van der Waals surface area contributed by atoms with Gasteiger partial charge in [-0.3, -0.25) is 4.98 Å². The van der Waals surface area contributed by atoms with Crippen molar-refractivity contribution in [1.82, 2.24) is 9.55 Å². The Morgan fingerprint density at radius 1 is 1.00 bits per heavy atom. The summed E-state index contributed by atoms with van der Waals surface area (Å²) in [6, 6.07) is 16.6. The molecule has 108 valence electrons. The van der Waals surface area contributed by atoms with E-state index in [9.17, 15) is 5.11 Å². The number of fused-ring (bicyclic) bond motifs is 2. The molecule has 1 unspecified atom stereocenters. The van der Waals surface area contributed by atoms with E-state index in [0.717, 1.165) is 27.4 Å². The van der Waals surface area contributed by atoms with Crippen LogP contribution in [0, 0.1) is 0 Å². The number of hydrogen-bond acceptors (Lipinski definition) is 2. The number of rotatable bonds is 2. The number of pyridine rings is 1. The van der Waals surface area contributed by atoms with Gasteiger partial charge in [-0.25, -0.2) is 0 Å². The Kier molecular flexibility index (Phi) is 2.94. The summed E-state index contributed by atoms with van der Waals surface area (Å²) in [7, 11) is 0. The lowest BCUT2D eigenvalue weighted by Gasteiger charge is -2.10. The van der Waals surface area contributed by atoms with Crippen LogP contribution in [0.3, 0.4) is 0 Å². The van der Waals surface area contributed by atoms with Crippen LogP contribution < -0.4 is 0 Å². The van der Waals surface area contributed by atoms with Gasteiger partial charge < -0.3 is 9.67 Å². The first-order chi connectivity index (χ1) is 10.7. The molecule has 2 heterocycles. The van der Waals surface area contributed by atoms with Gasteiger partial charge in [0.15, 0.2) is 0 Å². The standard InChI is InChI=1S/C19H16N2O/c1-13(22)21-9-8-15-10-14(6-7-19(15)21)18-12-20-11-16-4-2-3-5-17(16)18/h2-13,22H,1H3. The maximum atomic E-state index is 9.79. The van der Waals surface area contributed by atoms with Crippen molar-refractivity contribution < 1.29 is 5.11 Å². The highest BCUT2D eigenvalue weighted by molar-refractivity contribution is 5.97. The zero-order valence-electron chi connectivity index (χ0n) is 12.3. The van der Waals surface area contributed by atoms with Gasteiger partial charge in [-0.1, -0.05) is 30.3 Å². The van der Waals surface area contributed by atoms with E-state index in [0.29, 0.717) is 0 Å². The van der Waals surface area contributed by atoms with E-state index in [2.05, 4.69) is 35.3 Å². The van der Waals surface area contributed by atoms with E-state index in [1.165, 1.54) is 5.39 Å². The Morgan fingerprint density at radius 3 is 2.73 bits per heavy atom. The summed E-state index contributed by atoms with van der Waals surface area (Å²) >= 11 is 0. The summed E-state index contributed by atoms with van der Waals surface area (Å²) in [5, 5.41) is 13.2. The Bertz CT molecular complexity index is 964. The summed E-state index contributed by atoms with van der Waals surface area (Å²) < 4.78 is 1.86. The van der Waals surface area contributed by atoms with E-state index in [4.69, 9.17) is 0 Å². The fourth-order valence-electron chi connectivity index (χ4n) is 3.00. The van der Waals surface area contributed by atoms with Gasteiger partial charge in [0.25, 0.3) is 0 Å². The number of hydrogen-bond donors (Lipinski definition) is 1. The third-order valence-corrected chi connectivity index (χ3v) is 4.10. The van der Waals surface area contributed by atoms with Crippen LogP contribution in [0.15, 0.2) is 67.1 Å². The van der Waals surface area contributed by atoms with Gasteiger partial charge in [-0.2, -0.15) is 0 Å². The molecule has 0 bridgehead atoms. The first-order valence-corrected chi connectivity index (χ1v) is 7.36. The van der Waals surface area contributed by atoms with E-state index < -0.39 is 6.23 Å². The zero-order chi connectivity index (χ0) is 15.1. The van der Waals surface area contributed by atoms with Crippen molar-refractivity contribution in [2.45, 2.75) is 13.2 Å². The summed E-state index contributed by atoms with van der Waals surface area (Å²) in [5.41, 5.74) is 3.30. The SMILES string of the molecule is CC(O)n1ccc2cc(-c3cncc4ccccc34)ccc21. The van der Waals surface area contributed by atoms with Crippen LogP contribution in [-0.4, -0.2) is 14.7 Å². The van der Waals surface area contributed by atoms with Crippen molar-refractivity contribution in [3.05, 3.63) is 67.1 Å². The number of aliphatic hydroxyl groups excluding tert-OH is 1. The molecule has 0 spiro atoms. The molecule has 0 aliphatic heterocycles. The minimum absolute atomic E-state index is 0.525. The third-order valence-electron chi connectivity index (χ3n) is 4.10. The molecule has 2 aromatic heterocycles. The molecule has 0 fully saturated rings. The molecule has 3 nitrogen and oxygen atoms in total. The molecule has 4 rings (SSSR count). The molecule has 0 radical (unpaired) electrons. The van der Waals surface area contributed by atoms with Crippen molar-refractivity contribution in [2.24, 2.45) is 0 Å². The van der Waals surface area contributed by atoms with Crippen molar-refractivity contribution in [3.63, 3.8) is 0 Å². The van der Waals surface area contributed by atoms with Crippen molar-refractivity contribution in [3.8, 4) is 11.1 Å². The summed E-state index contributed by atoms with van der Waals surface area (Å²) in [6.07, 6.45) is 5.19. The predicted molar refractivity (Wildman–Crippen MR) is 89.6 cm³/mol. The molecule has 22 heavy (non-hydrogen) atoms. The summed E-state index contributed by atoms with van der Waals surface area (Å²) in [6.45, 7) is 1.77. The van der Waals surface area contributed by atoms with Crippen molar-refractivity contribution in [2.75, 3.05) is 0 Å². The Balaban J connectivity index is 1.93. The van der Waals surface area contributed by atoms with E-state index in [1.807, 2.05) is 41.4 Å². The van der Waals surface area contributed by atoms with Gasteiger partial charge in [-0.15, -0.1) is 0 Å². The van der Waals surface area contributed by atoms with E-state index in [1.54, 1.807) is 6.92 Å². The van der Waals surface area contributed by atoms with Gasteiger partial charge in [0.1, 0.15) is 6.23 Å². The van der Waals surface area contributed by atoms with Gasteiger partial charge in [0.05, 0.1) is 5.52 Å². The quantitative estimate of drug-likeness (QED) is 0.595. The molecule has 1 N–H and O–H groups in total. The Morgan fingerprint density at radius 2 is 1.86 bits per heavy atom. The predicted octanol–water partition coefficient (Wildman–Crippen LogP) is 4.37. The molecule has 0 amide bonds. The van der Waals surface area contributed by atoms with Crippen LogP contribution >= 0.6 is 0 Å². The molecule has 0 aliphatic rings. The molecule has 0 aliphatic carbocycles. The zero-order valence-corrected chi connectivity index (χ0v) is 12.3. The normalized spacial score (nSPS) is 12.8. The largest absolute Gasteiger partial charge is 0.374 e. The molecule has 4 aromatic rings. The fraction of sp³-hybridized carbons (Fsp3) is 0.105. The number of aromatic nitrogens is 2. The lowest BCUT2D eigenvalue weighted by Crippen LogP contribution is -2.00. The average molecular weight is 288 g/mol. The lowest BCUT2D eigenvalue weighted by molar-refractivity contribution is 0.129. The maximum Gasteiger partial charge on any atom is 0.127 e. The van der Waals surface area contributed by atoms with Crippen LogP contribution in [0.2, 0.25) is 0 Å². The van der Waals surface area contributed by atoms with Crippen LogP contribution in [0.4, 0.5) is 0 Å². The summed E-state index contributed by atoms with van der Waals surface area (Å²) in [5.74, 6) is 0. The molecule has 3 heteroatoms. The minimum Gasteiger partial charge on any atom is -0.374 e. The van der Waals surface area contributed by atoms with Gasteiger partial charge in [-0.05, 0) is 36.1 Å². The Hall–Kier alpha value is -2.65. The number of nitrogens with zero attached hydrogens (tertiary/aromatic N) is 2. The second-order valence-corrected chi connectivity index (χ2v) is 5.54. The van der Waals surface area contributed by atoms with Gasteiger partial charge >= 0.3 is 0 Å².